The standard InChI is InChI=1S/C22H16N8O.H2S/c23-11-14-12-24-19-18(14)21(26-13-25-19)28-10-8-16(28)20-27-29-9-4-7-17(29)22(31)30(20)15-5-2-1-3-6-15;/h1-7,9,12-13,16H,8,10H2,(H,24,25,26);1H2/t16-;/m0./s1. The van der Waals surface area contributed by atoms with Gasteiger partial charge in [0.15, 0.2) is 5.82 Å². The maximum Gasteiger partial charge on any atom is 0.282 e. The molecular formula is C22H18N8OS. The Morgan fingerprint density at radius 2 is 1.97 bits per heavy atom. The van der Waals surface area contributed by atoms with E-state index in [9.17, 15) is 10.1 Å². The molecule has 1 aromatic carbocycles. The monoisotopic (exact) mass is 442 g/mol. The molecule has 1 atom stereocenters. The Hall–Kier alpha value is -4.10. The molecule has 6 rings (SSSR count). The molecule has 0 saturated carbocycles. The van der Waals surface area contributed by atoms with Crippen molar-refractivity contribution >= 4 is 35.9 Å². The van der Waals surface area contributed by atoms with E-state index in [4.69, 9.17) is 5.10 Å². The lowest BCUT2D eigenvalue weighted by Crippen LogP contribution is -2.45. The molecule has 1 aliphatic heterocycles. The molecule has 0 unspecified atom stereocenters. The third-order valence-electron chi connectivity index (χ3n) is 5.76. The molecule has 5 heterocycles. The van der Waals surface area contributed by atoms with E-state index in [1.54, 1.807) is 27.5 Å². The fourth-order valence-corrected chi connectivity index (χ4v) is 4.21. The van der Waals surface area contributed by atoms with Gasteiger partial charge in [-0.15, -0.1) is 0 Å². The van der Waals surface area contributed by atoms with E-state index < -0.39 is 0 Å². The van der Waals surface area contributed by atoms with E-state index in [-0.39, 0.29) is 25.1 Å². The van der Waals surface area contributed by atoms with Crippen molar-refractivity contribution in [1.29, 1.82) is 5.26 Å². The van der Waals surface area contributed by atoms with Gasteiger partial charge in [0.2, 0.25) is 0 Å². The lowest BCUT2D eigenvalue weighted by atomic mass is 10.0. The van der Waals surface area contributed by atoms with Crippen molar-refractivity contribution in [3.63, 3.8) is 0 Å². The number of benzene rings is 1. The number of nitriles is 1. The molecule has 10 heteroatoms. The molecule has 4 aromatic heterocycles. The Kier molecular flexibility index (Phi) is 4.68. The second-order valence-corrected chi connectivity index (χ2v) is 7.41. The normalized spacial score (nSPS) is 15.3. The first-order valence-corrected chi connectivity index (χ1v) is 9.91. The first-order valence-electron chi connectivity index (χ1n) is 9.91. The van der Waals surface area contributed by atoms with E-state index in [1.807, 2.05) is 36.4 Å². The van der Waals surface area contributed by atoms with Gasteiger partial charge in [-0.1, -0.05) is 18.2 Å². The average molecular weight is 443 g/mol. The van der Waals surface area contributed by atoms with E-state index >= 15 is 0 Å². The Morgan fingerprint density at radius 1 is 1.12 bits per heavy atom. The highest BCUT2D eigenvalue weighted by molar-refractivity contribution is 7.59. The van der Waals surface area contributed by atoms with Crippen molar-refractivity contribution in [2.75, 3.05) is 11.4 Å². The van der Waals surface area contributed by atoms with Crippen LogP contribution in [0.4, 0.5) is 5.82 Å². The zero-order valence-corrected chi connectivity index (χ0v) is 17.8. The van der Waals surface area contributed by atoms with Crippen molar-refractivity contribution in [1.82, 2.24) is 29.1 Å². The van der Waals surface area contributed by atoms with Crippen molar-refractivity contribution in [2.45, 2.75) is 12.5 Å². The highest BCUT2D eigenvalue weighted by Gasteiger charge is 2.36. The number of aromatic amines is 1. The molecule has 1 aliphatic rings. The molecule has 0 amide bonds. The number of nitrogens with zero attached hydrogens (tertiary/aromatic N) is 7. The van der Waals surface area contributed by atoms with E-state index in [0.29, 0.717) is 33.8 Å². The highest BCUT2D eigenvalue weighted by atomic mass is 32.1. The molecule has 1 saturated heterocycles. The summed E-state index contributed by atoms with van der Waals surface area (Å²) in [6.07, 6.45) is 5.71. The highest BCUT2D eigenvalue weighted by Crippen LogP contribution is 2.39. The van der Waals surface area contributed by atoms with Gasteiger partial charge < -0.3 is 9.88 Å². The lowest BCUT2D eigenvalue weighted by Gasteiger charge is -2.42. The van der Waals surface area contributed by atoms with Crippen LogP contribution in [-0.4, -0.2) is 35.7 Å². The Balaban J connectivity index is 0.00000216. The predicted octanol–water partition coefficient (Wildman–Crippen LogP) is 2.69. The zero-order valence-electron chi connectivity index (χ0n) is 16.8. The summed E-state index contributed by atoms with van der Waals surface area (Å²) in [7, 11) is 0. The van der Waals surface area contributed by atoms with Crippen LogP contribution in [0, 0.1) is 11.3 Å². The summed E-state index contributed by atoms with van der Waals surface area (Å²) < 4.78 is 3.30. The predicted molar refractivity (Wildman–Crippen MR) is 124 cm³/mol. The number of anilines is 1. The van der Waals surface area contributed by atoms with E-state index in [1.165, 1.54) is 6.33 Å². The van der Waals surface area contributed by atoms with E-state index in [0.717, 1.165) is 18.7 Å². The largest absolute Gasteiger partial charge is 0.345 e. The van der Waals surface area contributed by atoms with Crippen LogP contribution in [0.5, 0.6) is 0 Å². The number of H-pyrrole nitrogens is 1. The molecule has 158 valence electrons. The van der Waals surface area contributed by atoms with Gasteiger partial charge in [-0.3, -0.25) is 9.36 Å². The van der Waals surface area contributed by atoms with Crippen LogP contribution in [0.3, 0.4) is 0 Å². The smallest absolute Gasteiger partial charge is 0.282 e. The quantitative estimate of drug-likeness (QED) is 0.460. The van der Waals surface area contributed by atoms with Crippen molar-refractivity contribution in [2.24, 2.45) is 0 Å². The number of aromatic nitrogens is 6. The van der Waals surface area contributed by atoms with Gasteiger partial charge in [-0.2, -0.15) is 23.9 Å². The van der Waals surface area contributed by atoms with Crippen molar-refractivity contribution in [3.8, 4) is 11.8 Å². The van der Waals surface area contributed by atoms with Gasteiger partial charge in [-0.25, -0.2) is 14.5 Å². The molecule has 5 aromatic rings. The van der Waals surface area contributed by atoms with Gasteiger partial charge in [0, 0.05) is 18.9 Å². The molecule has 9 nitrogen and oxygen atoms in total. The number of nitrogens with one attached hydrogen (secondary N) is 1. The molecule has 0 bridgehead atoms. The number of rotatable bonds is 3. The second-order valence-electron chi connectivity index (χ2n) is 7.41. The maximum absolute atomic E-state index is 13.4. The topological polar surface area (TPSA) is 108 Å². The van der Waals surface area contributed by atoms with Crippen LogP contribution in [-0.2, 0) is 0 Å². The molecule has 0 spiro atoms. The van der Waals surface area contributed by atoms with Crippen LogP contribution < -0.4 is 10.5 Å². The van der Waals surface area contributed by atoms with Gasteiger partial charge >= 0.3 is 0 Å². The lowest BCUT2D eigenvalue weighted by molar-refractivity contribution is 0.424. The summed E-state index contributed by atoms with van der Waals surface area (Å²) in [4.78, 5) is 27.2. The Bertz CT molecular complexity index is 1550. The summed E-state index contributed by atoms with van der Waals surface area (Å²) in [5, 5.41) is 15.0. The van der Waals surface area contributed by atoms with Gasteiger partial charge in [0.1, 0.15) is 29.4 Å². The SMILES string of the molecule is N#Cc1c[nH]c2ncnc(N3CC[C@H]3c3nn4cccc4c(=O)n3-c3ccccc3)c12.S. The summed E-state index contributed by atoms with van der Waals surface area (Å²) in [6, 6.07) is 15.1. The minimum absolute atomic E-state index is 0. The number of hydrogen-bond acceptors (Lipinski definition) is 6. The minimum Gasteiger partial charge on any atom is -0.345 e. The van der Waals surface area contributed by atoms with Crippen molar-refractivity contribution < 1.29 is 0 Å². The fourth-order valence-electron chi connectivity index (χ4n) is 4.21. The first-order chi connectivity index (χ1) is 15.3. The number of para-hydroxylation sites is 1. The molecular weight excluding hydrogens is 424 g/mol. The van der Waals surface area contributed by atoms with E-state index in [2.05, 4.69) is 25.9 Å². The third-order valence-corrected chi connectivity index (χ3v) is 5.76. The van der Waals surface area contributed by atoms with Crippen LogP contribution >= 0.6 is 13.5 Å². The summed E-state index contributed by atoms with van der Waals surface area (Å²) in [5.41, 5.74) is 2.25. The van der Waals surface area contributed by atoms with Crippen LogP contribution in [0.1, 0.15) is 23.9 Å². The third kappa shape index (κ3) is 2.79. The van der Waals surface area contributed by atoms with Gasteiger partial charge in [0.25, 0.3) is 5.56 Å². The van der Waals surface area contributed by atoms with Gasteiger partial charge in [0.05, 0.1) is 22.7 Å². The average Bonchev–Trinajstić information content (AvgIpc) is 3.41. The zero-order chi connectivity index (χ0) is 20.9. The molecule has 1 fully saturated rings. The summed E-state index contributed by atoms with van der Waals surface area (Å²) in [5.74, 6) is 1.30. The molecule has 0 radical (unpaired) electrons. The fraction of sp³-hybridized carbons (Fsp3) is 0.136. The Morgan fingerprint density at radius 3 is 2.72 bits per heavy atom. The molecule has 0 aliphatic carbocycles. The van der Waals surface area contributed by atoms with Gasteiger partial charge in [-0.05, 0) is 30.7 Å². The van der Waals surface area contributed by atoms with Crippen LogP contribution in [0.2, 0.25) is 0 Å². The molecule has 32 heavy (non-hydrogen) atoms. The Labute approximate surface area is 189 Å². The van der Waals surface area contributed by atoms with Crippen LogP contribution in [0.25, 0.3) is 22.2 Å². The number of fused-ring (bicyclic) bond motifs is 2. The first kappa shape index (κ1) is 19.8. The van der Waals surface area contributed by atoms with Crippen molar-refractivity contribution in [3.05, 3.63) is 82.9 Å². The number of hydrogen-bond donors (Lipinski definition) is 1. The minimum atomic E-state index is -0.167. The van der Waals surface area contributed by atoms with Crippen LogP contribution in [0.15, 0.2) is 66.0 Å². The maximum atomic E-state index is 13.4. The second kappa shape index (κ2) is 7.55. The summed E-state index contributed by atoms with van der Waals surface area (Å²) in [6.45, 7) is 0.737. The molecule has 1 N–H and O–H groups in total. The summed E-state index contributed by atoms with van der Waals surface area (Å²) >= 11 is 0.